The standard InChI is InChI=1S/C13H20BrN3/c1-2-17-8-4-6-12(17)10-15-9-11-5-3-7-13(14)16-11/h3,5,7,12,15H,2,4,6,8-10H2,1H3. The molecule has 1 fully saturated rings. The maximum absolute atomic E-state index is 4.42. The lowest BCUT2D eigenvalue weighted by molar-refractivity contribution is 0.259. The zero-order valence-corrected chi connectivity index (χ0v) is 11.9. The molecule has 1 saturated heterocycles. The Labute approximate surface area is 112 Å². The van der Waals surface area contributed by atoms with Crippen molar-refractivity contribution in [1.29, 1.82) is 0 Å². The van der Waals surface area contributed by atoms with E-state index in [1.54, 1.807) is 0 Å². The molecule has 17 heavy (non-hydrogen) atoms. The van der Waals surface area contributed by atoms with Gasteiger partial charge in [0.2, 0.25) is 0 Å². The molecule has 1 N–H and O–H groups in total. The van der Waals surface area contributed by atoms with Crippen LogP contribution in [0, 0.1) is 0 Å². The number of hydrogen-bond acceptors (Lipinski definition) is 3. The molecule has 2 rings (SSSR count). The number of nitrogens with zero attached hydrogens (tertiary/aromatic N) is 2. The van der Waals surface area contributed by atoms with Crippen LogP contribution in [0.4, 0.5) is 0 Å². The molecule has 1 aromatic rings. The fraction of sp³-hybridized carbons (Fsp3) is 0.615. The topological polar surface area (TPSA) is 28.2 Å². The Bertz CT molecular complexity index is 356. The molecule has 1 aliphatic heterocycles. The Balaban J connectivity index is 1.76. The maximum Gasteiger partial charge on any atom is 0.106 e. The number of pyridine rings is 1. The third kappa shape index (κ3) is 3.76. The molecule has 94 valence electrons. The molecule has 1 atom stereocenters. The third-order valence-corrected chi connectivity index (χ3v) is 3.81. The average molecular weight is 298 g/mol. The van der Waals surface area contributed by atoms with E-state index in [0.29, 0.717) is 6.04 Å². The molecule has 0 radical (unpaired) electrons. The summed E-state index contributed by atoms with van der Waals surface area (Å²) in [6.45, 7) is 6.60. The summed E-state index contributed by atoms with van der Waals surface area (Å²) in [4.78, 5) is 6.97. The summed E-state index contributed by atoms with van der Waals surface area (Å²) in [5, 5.41) is 3.51. The van der Waals surface area contributed by atoms with E-state index >= 15 is 0 Å². The number of likely N-dealkylation sites (N-methyl/N-ethyl adjacent to an activating group) is 1. The predicted molar refractivity (Wildman–Crippen MR) is 73.9 cm³/mol. The summed E-state index contributed by atoms with van der Waals surface area (Å²) < 4.78 is 0.910. The van der Waals surface area contributed by atoms with Crippen LogP contribution < -0.4 is 5.32 Å². The van der Waals surface area contributed by atoms with Crippen LogP contribution in [-0.2, 0) is 6.54 Å². The van der Waals surface area contributed by atoms with Crippen molar-refractivity contribution in [1.82, 2.24) is 15.2 Å². The van der Waals surface area contributed by atoms with Crippen molar-refractivity contribution >= 4 is 15.9 Å². The molecule has 0 bridgehead atoms. The first-order valence-electron chi connectivity index (χ1n) is 6.36. The van der Waals surface area contributed by atoms with Crippen molar-refractivity contribution in [2.75, 3.05) is 19.6 Å². The Hall–Kier alpha value is -0.450. The van der Waals surface area contributed by atoms with Gasteiger partial charge in [-0.2, -0.15) is 0 Å². The minimum atomic E-state index is 0.715. The van der Waals surface area contributed by atoms with Crippen LogP contribution in [0.15, 0.2) is 22.8 Å². The molecule has 0 amide bonds. The fourth-order valence-corrected chi connectivity index (χ4v) is 2.84. The van der Waals surface area contributed by atoms with Crippen molar-refractivity contribution in [3.05, 3.63) is 28.5 Å². The van der Waals surface area contributed by atoms with Crippen LogP contribution in [0.3, 0.4) is 0 Å². The number of nitrogens with one attached hydrogen (secondary N) is 1. The van der Waals surface area contributed by atoms with E-state index < -0.39 is 0 Å². The molecular weight excluding hydrogens is 278 g/mol. The molecule has 0 spiro atoms. The molecule has 1 unspecified atom stereocenters. The lowest BCUT2D eigenvalue weighted by Gasteiger charge is -2.22. The van der Waals surface area contributed by atoms with Crippen LogP contribution >= 0.6 is 15.9 Å². The van der Waals surface area contributed by atoms with Gasteiger partial charge in [0.05, 0.1) is 5.69 Å². The summed E-state index contributed by atoms with van der Waals surface area (Å²) >= 11 is 3.39. The van der Waals surface area contributed by atoms with Crippen molar-refractivity contribution in [2.24, 2.45) is 0 Å². The summed E-state index contributed by atoms with van der Waals surface area (Å²) in [6.07, 6.45) is 2.67. The fourth-order valence-electron chi connectivity index (χ4n) is 2.46. The Morgan fingerprint density at radius 2 is 2.41 bits per heavy atom. The molecule has 4 heteroatoms. The van der Waals surface area contributed by atoms with Gasteiger partial charge >= 0.3 is 0 Å². The van der Waals surface area contributed by atoms with Crippen molar-refractivity contribution < 1.29 is 0 Å². The lowest BCUT2D eigenvalue weighted by atomic mass is 10.2. The summed E-state index contributed by atoms with van der Waals surface area (Å²) in [7, 11) is 0. The number of hydrogen-bond donors (Lipinski definition) is 1. The SMILES string of the molecule is CCN1CCCC1CNCc1cccc(Br)n1. The monoisotopic (exact) mass is 297 g/mol. The van der Waals surface area contributed by atoms with Gasteiger partial charge < -0.3 is 5.32 Å². The smallest absolute Gasteiger partial charge is 0.106 e. The number of likely N-dealkylation sites (tertiary alicyclic amines) is 1. The van der Waals surface area contributed by atoms with Crippen molar-refractivity contribution in [3.8, 4) is 0 Å². The van der Waals surface area contributed by atoms with E-state index in [9.17, 15) is 0 Å². The Morgan fingerprint density at radius 3 is 3.18 bits per heavy atom. The minimum absolute atomic E-state index is 0.715. The van der Waals surface area contributed by atoms with Gasteiger partial charge in [-0.05, 0) is 54.0 Å². The van der Waals surface area contributed by atoms with E-state index in [-0.39, 0.29) is 0 Å². The quantitative estimate of drug-likeness (QED) is 0.846. The zero-order valence-electron chi connectivity index (χ0n) is 10.3. The van der Waals surface area contributed by atoms with Gasteiger partial charge in [-0.1, -0.05) is 13.0 Å². The molecule has 2 heterocycles. The first-order chi connectivity index (χ1) is 8.29. The average Bonchev–Trinajstić information content (AvgIpc) is 2.77. The second-order valence-electron chi connectivity index (χ2n) is 4.51. The number of aromatic nitrogens is 1. The highest BCUT2D eigenvalue weighted by atomic mass is 79.9. The highest BCUT2D eigenvalue weighted by molar-refractivity contribution is 9.10. The van der Waals surface area contributed by atoms with Crippen LogP contribution in [0.2, 0.25) is 0 Å². The van der Waals surface area contributed by atoms with Crippen molar-refractivity contribution in [3.63, 3.8) is 0 Å². The highest BCUT2D eigenvalue weighted by Gasteiger charge is 2.21. The summed E-state index contributed by atoms with van der Waals surface area (Å²) in [5.41, 5.74) is 1.10. The highest BCUT2D eigenvalue weighted by Crippen LogP contribution is 2.15. The van der Waals surface area contributed by atoms with E-state index in [4.69, 9.17) is 0 Å². The largest absolute Gasteiger partial charge is 0.310 e. The predicted octanol–water partition coefficient (Wildman–Crippen LogP) is 2.42. The van der Waals surface area contributed by atoms with Gasteiger partial charge in [0.1, 0.15) is 4.60 Å². The van der Waals surface area contributed by atoms with Crippen LogP contribution in [0.5, 0.6) is 0 Å². The van der Waals surface area contributed by atoms with Gasteiger partial charge in [-0.15, -0.1) is 0 Å². The Morgan fingerprint density at radius 1 is 1.53 bits per heavy atom. The molecule has 0 aromatic carbocycles. The number of halogens is 1. The molecule has 1 aromatic heterocycles. The zero-order chi connectivity index (χ0) is 12.1. The second-order valence-corrected chi connectivity index (χ2v) is 5.32. The number of rotatable bonds is 5. The van der Waals surface area contributed by atoms with E-state index in [1.165, 1.54) is 25.9 Å². The van der Waals surface area contributed by atoms with Gasteiger partial charge in [0.25, 0.3) is 0 Å². The molecule has 0 saturated carbocycles. The Kier molecular flexibility index (Phi) is 4.95. The van der Waals surface area contributed by atoms with Crippen LogP contribution in [0.1, 0.15) is 25.5 Å². The summed E-state index contributed by atoms with van der Waals surface area (Å²) in [6, 6.07) is 6.76. The van der Waals surface area contributed by atoms with E-state index in [1.807, 2.05) is 12.1 Å². The first-order valence-corrected chi connectivity index (χ1v) is 7.15. The lowest BCUT2D eigenvalue weighted by Crippen LogP contribution is -2.37. The van der Waals surface area contributed by atoms with E-state index in [0.717, 1.165) is 23.4 Å². The molecule has 1 aliphatic rings. The molecular formula is C13H20BrN3. The molecule has 3 nitrogen and oxygen atoms in total. The van der Waals surface area contributed by atoms with Gasteiger partial charge in [0.15, 0.2) is 0 Å². The van der Waals surface area contributed by atoms with Gasteiger partial charge in [-0.25, -0.2) is 4.98 Å². The first kappa shape index (κ1) is 13.0. The minimum Gasteiger partial charge on any atom is -0.310 e. The van der Waals surface area contributed by atoms with Crippen LogP contribution in [-0.4, -0.2) is 35.6 Å². The van der Waals surface area contributed by atoms with Crippen LogP contribution in [0.25, 0.3) is 0 Å². The normalized spacial score (nSPS) is 20.9. The van der Waals surface area contributed by atoms with Crippen molar-refractivity contribution in [2.45, 2.75) is 32.4 Å². The maximum atomic E-state index is 4.42. The van der Waals surface area contributed by atoms with E-state index in [2.05, 4.69) is 44.1 Å². The third-order valence-electron chi connectivity index (χ3n) is 3.36. The summed E-state index contributed by atoms with van der Waals surface area (Å²) in [5.74, 6) is 0. The second kappa shape index (κ2) is 6.47. The van der Waals surface area contributed by atoms with Gasteiger partial charge in [0, 0.05) is 19.1 Å². The van der Waals surface area contributed by atoms with Gasteiger partial charge in [-0.3, -0.25) is 4.90 Å². The molecule has 0 aliphatic carbocycles.